The Balaban J connectivity index is 1.39. The Hall–Kier alpha value is -2.76. The highest BCUT2D eigenvalue weighted by Gasteiger charge is 2.19. The van der Waals surface area contributed by atoms with Gasteiger partial charge in [-0.15, -0.1) is 0 Å². The van der Waals surface area contributed by atoms with Crippen LogP contribution in [0, 0.1) is 0 Å². The molecule has 0 aliphatic carbocycles. The second kappa shape index (κ2) is 9.24. The molecule has 1 aromatic carbocycles. The topological polar surface area (TPSA) is 79.2 Å². The first kappa shape index (κ1) is 22.1. The number of carbonyl (C=O) groups is 1. The van der Waals surface area contributed by atoms with E-state index < -0.39 is 0 Å². The van der Waals surface area contributed by atoms with Crippen LogP contribution in [-0.4, -0.2) is 54.9 Å². The summed E-state index contributed by atoms with van der Waals surface area (Å²) >= 11 is 8.65. The number of benzene rings is 1. The van der Waals surface area contributed by atoms with Gasteiger partial charge < -0.3 is 10.2 Å². The van der Waals surface area contributed by atoms with Crippen molar-refractivity contribution in [3.8, 4) is 11.1 Å². The predicted octanol–water partition coefficient (Wildman–Crippen LogP) is 4.41. The molecule has 0 radical (unpaired) electrons. The Labute approximate surface area is 210 Å². The van der Waals surface area contributed by atoms with Crippen LogP contribution in [0.2, 0.25) is 5.02 Å². The summed E-state index contributed by atoms with van der Waals surface area (Å²) in [5, 5.41) is 9.39. The van der Waals surface area contributed by atoms with Crippen molar-refractivity contribution in [1.82, 2.24) is 22.9 Å². The highest BCUT2D eigenvalue weighted by atomic mass is 127. The number of nitrogens with one attached hydrogen (secondary N) is 1. The van der Waals surface area contributed by atoms with E-state index in [-0.39, 0.29) is 5.91 Å². The van der Waals surface area contributed by atoms with Gasteiger partial charge in [-0.3, -0.25) is 9.48 Å². The number of anilines is 2. The zero-order valence-electron chi connectivity index (χ0n) is 17.9. The highest BCUT2D eigenvalue weighted by molar-refractivity contribution is 14.1. The number of piperazine rings is 1. The number of nitrogens with zero attached hydrogens (tertiary/aromatic N) is 6. The van der Waals surface area contributed by atoms with E-state index in [2.05, 4.69) is 57.3 Å². The predicted molar refractivity (Wildman–Crippen MR) is 139 cm³/mol. The third-order valence-corrected chi connectivity index (χ3v) is 6.90. The number of fused-ring (bicyclic) bond motifs is 1. The molecule has 33 heavy (non-hydrogen) atoms. The van der Waals surface area contributed by atoms with Crippen LogP contribution in [0.5, 0.6) is 0 Å². The second-order valence-corrected chi connectivity index (χ2v) is 9.68. The van der Waals surface area contributed by atoms with Crippen LogP contribution in [0.4, 0.5) is 11.6 Å². The van der Waals surface area contributed by atoms with Crippen molar-refractivity contribution < 1.29 is 4.79 Å². The van der Waals surface area contributed by atoms with Crippen LogP contribution in [0.3, 0.4) is 0 Å². The van der Waals surface area contributed by atoms with Crippen molar-refractivity contribution in [2.24, 2.45) is 7.05 Å². The van der Waals surface area contributed by atoms with E-state index in [9.17, 15) is 4.79 Å². The van der Waals surface area contributed by atoms with Gasteiger partial charge in [0.1, 0.15) is 11.6 Å². The van der Waals surface area contributed by atoms with E-state index in [1.807, 2.05) is 37.6 Å². The maximum atomic E-state index is 13.0. The summed E-state index contributed by atoms with van der Waals surface area (Å²) in [5.41, 5.74) is 2.46. The van der Waals surface area contributed by atoms with Crippen LogP contribution in [0.25, 0.3) is 21.9 Å². The molecule has 4 heterocycles. The summed E-state index contributed by atoms with van der Waals surface area (Å²) < 4.78 is 4.01. The highest BCUT2D eigenvalue weighted by Crippen LogP contribution is 2.26. The van der Waals surface area contributed by atoms with Crippen LogP contribution >= 0.6 is 34.5 Å². The number of aromatic nitrogens is 4. The fraction of sp³-hybridized carbons (Fsp3) is 0.217. The molecule has 1 aliphatic heterocycles. The van der Waals surface area contributed by atoms with Crippen LogP contribution in [0.15, 0.2) is 55.1 Å². The van der Waals surface area contributed by atoms with E-state index >= 15 is 0 Å². The Morgan fingerprint density at radius 1 is 1.00 bits per heavy atom. The first-order chi connectivity index (χ1) is 16.0. The van der Waals surface area contributed by atoms with Gasteiger partial charge in [-0.25, -0.2) is 13.1 Å². The van der Waals surface area contributed by atoms with E-state index in [1.165, 1.54) is 6.20 Å². The number of hydrogen-bond donors (Lipinski definition) is 1. The lowest BCUT2D eigenvalue weighted by Gasteiger charge is -2.32. The number of carbonyl (C=O) groups excluding carboxylic acids is 1. The SMILES string of the molecule is Cn1cc(-c2ccc3cnc(NC(=O)c4cc(N5CCN(I)CC5)ncc4Cl)cc3c2)cn1. The maximum absolute atomic E-state index is 13.0. The van der Waals surface area contributed by atoms with Crippen molar-refractivity contribution in [2.45, 2.75) is 0 Å². The number of aryl methyl sites for hydroxylation is 1. The van der Waals surface area contributed by atoms with E-state index in [0.29, 0.717) is 16.4 Å². The zero-order valence-corrected chi connectivity index (χ0v) is 20.8. The average Bonchev–Trinajstić information content (AvgIpc) is 3.26. The number of rotatable bonds is 4. The second-order valence-electron chi connectivity index (χ2n) is 7.91. The molecule has 0 bridgehead atoms. The Kier molecular flexibility index (Phi) is 6.17. The molecule has 0 spiro atoms. The quantitative estimate of drug-likeness (QED) is 0.288. The van der Waals surface area contributed by atoms with Gasteiger partial charge in [0.05, 0.1) is 16.8 Å². The van der Waals surface area contributed by atoms with Crippen LogP contribution in [-0.2, 0) is 7.05 Å². The van der Waals surface area contributed by atoms with Crippen molar-refractivity contribution in [1.29, 1.82) is 0 Å². The maximum Gasteiger partial charge on any atom is 0.258 e. The minimum atomic E-state index is -0.313. The fourth-order valence-electron chi connectivity index (χ4n) is 3.83. The Morgan fingerprint density at radius 2 is 1.82 bits per heavy atom. The minimum absolute atomic E-state index is 0.309. The number of pyridine rings is 2. The first-order valence-electron chi connectivity index (χ1n) is 10.5. The molecule has 0 saturated carbocycles. The zero-order chi connectivity index (χ0) is 22.9. The number of hydrogen-bond acceptors (Lipinski definition) is 6. The molecular weight excluding hydrogens is 553 g/mol. The Bertz CT molecular complexity index is 1330. The summed E-state index contributed by atoms with van der Waals surface area (Å²) in [6.07, 6.45) is 7.08. The summed E-state index contributed by atoms with van der Waals surface area (Å²) in [6, 6.07) is 9.73. The largest absolute Gasteiger partial charge is 0.354 e. The molecule has 168 valence electrons. The van der Waals surface area contributed by atoms with Crippen molar-refractivity contribution >= 4 is 62.8 Å². The monoisotopic (exact) mass is 573 g/mol. The van der Waals surface area contributed by atoms with Gasteiger partial charge in [0.15, 0.2) is 0 Å². The molecule has 1 aliphatic rings. The van der Waals surface area contributed by atoms with Gasteiger partial charge in [-0.05, 0) is 29.1 Å². The van der Waals surface area contributed by atoms with E-state index in [1.54, 1.807) is 16.9 Å². The average molecular weight is 574 g/mol. The molecule has 5 rings (SSSR count). The van der Waals surface area contributed by atoms with Crippen molar-refractivity contribution in [2.75, 3.05) is 36.4 Å². The van der Waals surface area contributed by atoms with Crippen molar-refractivity contribution in [3.63, 3.8) is 0 Å². The lowest BCUT2D eigenvalue weighted by atomic mass is 10.1. The van der Waals surface area contributed by atoms with Gasteiger partial charge in [-0.1, -0.05) is 23.7 Å². The minimum Gasteiger partial charge on any atom is -0.354 e. The fourth-order valence-corrected chi connectivity index (χ4v) is 4.45. The third-order valence-electron chi connectivity index (χ3n) is 5.64. The summed E-state index contributed by atoms with van der Waals surface area (Å²) in [6.45, 7) is 3.58. The number of halogens is 2. The van der Waals surface area contributed by atoms with Gasteiger partial charge in [0.2, 0.25) is 0 Å². The molecule has 0 unspecified atom stereocenters. The lowest BCUT2D eigenvalue weighted by Crippen LogP contribution is -2.42. The Morgan fingerprint density at radius 3 is 2.58 bits per heavy atom. The van der Waals surface area contributed by atoms with Crippen molar-refractivity contribution in [3.05, 3.63) is 65.7 Å². The summed E-state index contributed by atoms with van der Waals surface area (Å²) in [5.74, 6) is 0.900. The molecule has 1 fully saturated rings. The van der Waals surface area contributed by atoms with Gasteiger partial charge in [0, 0.05) is 85.6 Å². The third kappa shape index (κ3) is 4.80. The molecule has 8 nitrogen and oxygen atoms in total. The normalized spacial score (nSPS) is 14.6. The smallest absolute Gasteiger partial charge is 0.258 e. The standard InChI is InChI=1S/C23H21ClIN7O/c1-30-14-18(12-28-30)15-2-3-16-11-26-21(9-17(16)8-15)29-23(33)19-10-22(27-13-20(19)24)31-4-6-32(25)7-5-31/h2-3,8-14H,4-7H2,1H3,(H,26,29,33). The number of amides is 1. The molecule has 3 aromatic heterocycles. The molecule has 10 heteroatoms. The molecular formula is C23H21ClIN7O. The van der Waals surface area contributed by atoms with E-state index in [4.69, 9.17) is 11.6 Å². The molecule has 0 atom stereocenters. The van der Waals surface area contributed by atoms with Crippen LogP contribution < -0.4 is 10.2 Å². The summed E-state index contributed by atoms with van der Waals surface area (Å²) in [4.78, 5) is 24.0. The lowest BCUT2D eigenvalue weighted by molar-refractivity contribution is 0.102. The van der Waals surface area contributed by atoms with Gasteiger partial charge in [-0.2, -0.15) is 5.10 Å². The van der Waals surface area contributed by atoms with Crippen LogP contribution in [0.1, 0.15) is 10.4 Å². The molecule has 1 amide bonds. The molecule has 1 saturated heterocycles. The molecule has 4 aromatic rings. The first-order valence-corrected chi connectivity index (χ1v) is 11.8. The summed E-state index contributed by atoms with van der Waals surface area (Å²) in [7, 11) is 1.89. The van der Waals surface area contributed by atoms with Gasteiger partial charge in [0.25, 0.3) is 5.91 Å². The van der Waals surface area contributed by atoms with E-state index in [0.717, 1.165) is 53.9 Å². The van der Waals surface area contributed by atoms with Gasteiger partial charge >= 0.3 is 0 Å². The molecule has 1 N–H and O–H groups in total.